The van der Waals surface area contributed by atoms with Gasteiger partial charge in [-0.1, -0.05) is 30.3 Å². The second-order valence-corrected chi connectivity index (χ2v) is 8.11. The average molecular weight is 424 g/mol. The van der Waals surface area contributed by atoms with Crippen molar-refractivity contribution in [2.75, 3.05) is 13.1 Å². The van der Waals surface area contributed by atoms with Gasteiger partial charge in [-0.15, -0.1) is 0 Å². The van der Waals surface area contributed by atoms with Gasteiger partial charge in [0.2, 0.25) is 6.10 Å². The molecule has 2 atom stereocenters. The van der Waals surface area contributed by atoms with E-state index in [1.165, 1.54) is 24.3 Å². The number of esters is 1. The molecule has 1 saturated heterocycles. The summed E-state index contributed by atoms with van der Waals surface area (Å²) in [6, 6.07) is 14.5. The number of ether oxygens (including phenoxy) is 1. The molecule has 1 saturated carbocycles. The van der Waals surface area contributed by atoms with Gasteiger partial charge in [-0.05, 0) is 49.9 Å². The molecule has 0 radical (unpaired) electrons. The molecule has 162 valence electrons. The molecular formula is C24H25FN2O4. The van der Waals surface area contributed by atoms with Crippen molar-refractivity contribution < 1.29 is 23.5 Å². The Hall–Kier alpha value is -3.22. The predicted molar refractivity (Wildman–Crippen MR) is 111 cm³/mol. The van der Waals surface area contributed by atoms with Gasteiger partial charge in [0.25, 0.3) is 11.8 Å². The number of amides is 2. The molecule has 2 aliphatic rings. The maximum atomic E-state index is 13.2. The Morgan fingerprint density at radius 2 is 1.71 bits per heavy atom. The number of nitrogens with zero attached hydrogens (tertiary/aromatic N) is 1. The highest BCUT2D eigenvalue weighted by atomic mass is 19.1. The van der Waals surface area contributed by atoms with Gasteiger partial charge < -0.3 is 15.0 Å². The summed E-state index contributed by atoms with van der Waals surface area (Å²) in [4.78, 5) is 40.0. The molecule has 0 aromatic heterocycles. The zero-order valence-corrected chi connectivity index (χ0v) is 17.1. The first-order chi connectivity index (χ1) is 15.0. The van der Waals surface area contributed by atoms with Crippen LogP contribution in [0.15, 0.2) is 54.6 Å². The first-order valence-electron chi connectivity index (χ1n) is 10.6. The van der Waals surface area contributed by atoms with E-state index in [4.69, 9.17) is 4.74 Å². The number of likely N-dealkylation sites (tertiary alicyclic amines) is 1. The van der Waals surface area contributed by atoms with Gasteiger partial charge in [-0.3, -0.25) is 14.4 Å². The van der Waals surface area contributed by atoms with Crippen LogP contribution in [0.1, 0.15) is 47.7 Å². The molecule has 7 heteroatoms. The van der Waals surface area contributed by atoms with Crippen LogP contribution in [-0.4, -0.2) is 41.8 Å². The smallest absolute Gasteiger partial charge is 0.311 e. The van der Waals surface area contributed by atoms with Crippen LogP contribution in [-0.2, 0) is 14.3 Å². The molecule has 0 unspecified atom stereocenters. The van der Waals surface area contributed by atoms with Crippen LogP contribution in [0.4, 0.5) is 4.39 Å². The Balaban J connectivity index is 1.43. The number of piperidine rings is 1. The summed E-state index contributed by atoms with van der Waals surface area (Å²) in [6.07, 6.45) is 2.08. The third kappa shape index (κ3) is 5.29. The van der Waals surface area contributed by atoms with E-state index in [9.17, 15) is 18.8 Å². The molecule has 2 fully saturated rings. The lowest BCUT2D eigenvalue weighted by molar-refractivity contribution is -0.161. The monoisotopic (exact) mass is 424 g/mol. The predicted octanol–water partition coefficient (Wildman–Crippen LogP) is 3.24. The lowest BCUT2D eigenvalue weighted by Crippen LogP contribution is -2.43. The number of carbonyl (C=O) groups excluding carboxylic acids is 3. The molecule has 1 heterocycles. The van der Waals surface area contributed by atoms with Crippen molar-refractivity contribution in [3.8, 4) is 0 Å². The van der Waals surface area contributed by atoms with Gasteiger partial charge in [-0.2, -0.15) is 0 Å². The summed E-state index contributed by atoms with van der Waals surface area (Å²) < 4.78 is 18.8. The second-order valence-electron chi connectivity index (χ2n) is 8.11. The van der Waals surface area contributed by atoms with Crippen molar-refractivity contribution in [1.82, 2.24) is 10.2 Å². The highest BCUT2D eigenvalue weighted by Crippen LogP contribution is 2.26. The Labute approximate surface area is 180 Å². The maximum absolute atomic E-state index is 13.2. The number of rotatable bonds is 6. The minimum atomic E-state index is -1.02. The number of nitrogens with one attached hydrogen (secondary N) is 1. The van der Waals surface area contributed by atoms with E-state index in [-0.39, 0.29) is 24.4 Å². The molecule has 2 aromatic rings. The standard InChI is InChI=1S/C24H25FN2O4/c25-19-10-8-17(9-11-19)23(29)27-14-4-7-18(15-27)24(30)31-21(16-5-2-1-3-6-16)22(28)26-20-12-13-20/h1-3,5-6,8-11,18,20-21H,4,7,12-15H2,(H,26,28)/t18-,21+/m1/s1. The summed E-state index contributed by atoms with van der Waals surface area (Å²) in [5, 5.41) is 2.90. The van der Waals surface area contributed by atoms with Crippen molar-refractivity contribution in [3.63, 3.8) is 0 Å². The SMILES string of the molecule is O=C(O[C@H](C(=O)NC1CC1)c1ccccc1)[C@@H]1CCCN(C(=O)c2ccc(F)cc2)C1. The first-order valence-corrected chi connectivity index (χ1v) is 10.6. The maximum Gasteiger partial charge on any atom is 0.311 e. The largest absolute Gasteiger partial charge is 0.447 e. The fraction of sp³-hybridized carbons (Fsp3) is 0.375. The third-order valence-electron chi connectivity index (χ3n) is 5.63. The van der Waals surface area contributed by atoms with Crippen LogP contribution in [0, 0.1) is 11.7 Å². The molecule has 1 aliphatic heterocycles. The van der Waals surface area contributed by atoms with Gasteiger partial charge in [-0.25, -0.2) is 4.39 Å². The van der Waals surface area contributed by atoms with Gasteiger partial charge in [0.15, 0.2) is 0 Å². The van der Waals surface area contributed by atoms with Gasteiger partial charge in [0, 0.05) is 30.3 Å². The lowest BCUT2D eigenvalue weighted by Gasteiger charge is -2.32. The van der Waals surface area contributed by atoms with Crippen LogP contribution >= 0.6 is 0 Å². The van der Waals surface area contributed by atoms with Crippen LogP contribution in [0.2, 0.25) is 0 Å². The lowest BCUT2D eigenvalue weighted by atomic mass is 9.97. The molecule has 2 aromatic carbocycles. The van der Waals surface area contributed by atoms with Crippen molar-refractivity contribution in [2.45, 2.75) is 37.8 Å². The summed E-state index contributed by atoms with van der Waals surface area (Å²) in [6.45, 7) is 0.727. The summed E-state index contributed by atoms with van der Waals surface area (Å²) in [5.74, 6) is -1.98. The number of halogens is 1. The molecule has 1 N–H and O–H groups in total. The fourth-order valence-corrected chi connectivity index (χ4v) is 3.75. The van der Waals surface area contributed by atoms with Crippen molar-refractivity contribution in [1.29, 1.82) is 0 Å². The third-order valence-corrected chi connectivity index (χ3v) is 5.63. The average Bonchev–Trinajstić information content (AvgIpc) is 3.62. The zero-order chi connectivity index (χ0) is 21.8. The topological polar surface area (TPSA) is 75.7 Å². The molecule has 0 bridgehead atoms. The van der Waals surface area contributed by atoms with E-state index in [2.05, 4.69) is 5.32 Å². The fourth-order valence-electron chi connectivity index (χ4n) is 3.75. The number of hydrogen-bond donors (Lipinski definition) is 1. The minimum Gasteiger partial charge on any atom is -0.447 e. The second kappa shape index (κ2) is 9.29. The molecule has 4 rings (SSSR count). The van der Waals surface area contributed by atoms with Gasteiger partial charge >= 0.3 is 5.97 Å². The van der Waals surface area contributed by atoms with Gasteiger partial charge in [0.05, 0.1) is 5.92 Å². The Morgan fingerprint density at radius 1 is 1.00 bits per heavy atom. The summed E-state index contributed by atoms with van der Waals surface area (Å²) in [7, 11) is 0. The number of benzene rings is 2. The van der Waals surface area contributed by atoms with E-state index in [1.54, 1.807) is 29.2 Å². The minimum absolute atomic E-state index is 0.149. The molecule has 1 aliphatic carbocycles. The van der Waals surface area contributed by atoms with Gasteiger partial charge in [0.1, 0.15) is 5.82 Å². The Bertz CT molecular complexity index is 944. The van der Waals surface area contributed by atoms with Crippen molar-refractivity contribution >= 4 is 17.8 Å². The normalized spacial score (nSPS) is 19.4. The van der Waals surface area contributed by atoms with Crippen LogP contribution < -0.4 is 5.32 Å². The quantitative estimate of drug-likeness (QED) is 0.723. The number of hydrogen-bond acceptors (Lipinski definition) is 4. The van der Waals surface area contributed by atoms with Crippen molar-refractivity contribution in [3.05, 3.63) is 71.5 Å². The Kier molecular flexibility index (Phi) is 6.30. The molecule has 6 nitrogen and oxygen atoms in total. The molecule has 31 heavy (non-hydrogen) atoms. The van der Waals surface area contributed by atoms with Crippen molar-refractivity contribution in [2.24, 2.45) is 5.92 Å². The molecule has 2 amide bonds. The van der Waals surface area contributed by atoms with Crippen LogP contribution in [0.5, 0.6) is 0 Å². The Morgan fingerprint density at radius 3 is 2.39 bits per heavy atom. The zero-order valence-electron chi connectivity index (χ0n) is 17.1. The molecule has 0 spiro atoms. The molecular weight excluding hydrogens is 399 g/mol. The van der Waals surface area contributed by atoms with E-state index in [1.807, 2.05) is 6.07 Å². The first kappa shape index (κ1) is 21.0. The van der Waals surface area contributed by atoms with E-state index in [0.29, 0.717) is 30.5 Å². The van der Waals surface area contributed by atoms with E-state index < -0.39 is 23.8 Å². The van der Waals surface area contributed by atoms with Crippen LogP contribution in [0.3, 0.4) is 0 Å². The number of carbonyl (C=O) groups is 3. The highest BCUT2D eigenvalue weighted by molar-refractivity contribution is 5.94. The summed E-state index contributed by atoms with van der Waals surface area (Å²) >= 11 is 0. The van der Waals surface area contributed by atoms with E-state index >= 15 is 0 Å². The highest BCUT2D eigenvalue weighted by Gasteiger charge is 2.35. The van der Waals surface area contributed by atoms with Crippen LogP contribution in [0.25, 0.3) is 0 Å². The van der Waals surface area contributed by atoms with E-state index in [0.717, 1.165) is 12.8 Å². The summed E-state index contributed by atoms with van der Waals surface area (Å²) in [5.41, 5.74) is 0.991.